The van der Waals surface area contributed by atoms with E-state index in [1.54, 1.807) is 0 Å². The first-order valence-electron chi connectivity index (χ1n) is 12.4. The number of rotatable bonds is 6. The highest BCUT2D eigenvalue weighted by atomic mass is 15.2. The molecule has 0 N–H and O–H groups in total. The Morgan fingerprint density at radius 2 is 0.784 bits per heavy atom. The molecule has 0 fully saturated rings. The van der Waals surface area contributed by atoms with Crippen LogP contribution in [0.3, 0.4) is 0 Å². The van der Waals surface area contributed by atoms with Crippen LogP contribution in [0.4, 0.5) is 17.3 Å². The molecular weight excluding hydrogens is 450 g/mol. The molecular formula is C34H25N3. The molecule has 6 aromatic rings. The van der Waals surface area contributed by atoms with Gasteiger partial charge in [0.25, 0.3) is 0 Å². The van der Waals surface area contributed by atoms with E-state index in [2.05, 4.69) is 89.8 Å². The summed E-state index contributed by atoms with van der Waals surface area (Å²) in [5.74, 6) is 1.62. The Morgan fingerprint density at radius 1 is 0.351 bits per heavy atom. The molecule has 3 heteroatoms. The molecule has 37 heavy (non-hydrogen) atoms. The van der Waals surface area contributed by atoms with Gasteiger partial charge in [0.15, 0.2) is 0 Å². The Hall–Kier alpha value is -5.02. The van der Waals surface area contributed by atoms with Crippen molar-refractivity contribution in [2.75, 3.05) is 4.90 Å². The maximum atomic E-state index is 5.12. The number of benzene rings is 4. The molecule has 0 atom stereocenters. The van der Waals surface area contributed by atoms with Crippen molar-refractivity contribution in [3.63, 3.8) is 0 Å². The lowest BCUT2D eigenvalue weighted by Crippen LogP contribution is -2.14. The SMILES string of the molecule is c1ccc(-c2cccc(N(c3cccc(-c4ccccc4)n3)c3ccccc3-c3ccccc3)n2)cc1. The minimum atomic E-state index is 0.808. The zero-order valence-corrected chi connectivity index (χ0v) is 20.3. The van der Waals surface area contributed by atoms with E-state index in [-0.39, 0.29) is 0 Å². The Bertz CT molecular complexity index is 1530. The Kier molecular flexibility index (Phi) is 6.25. The lowest BCUT2D eigenvalue weighted by Gasteiger charge is -2.26. The van der Waals surface area contributed by atoms with Crippen LogP contribution in [0.15, 0.2) is 152 Å². The molecule has 0 spiro atoms. The van der Waals surface area contributed by atoms with Crippen LogP contribution in [0.1, 0.15) is 0 Å². The average molecular weight is 476 g/mol. The van der Waals surface area contributed by atoms with Gasteiger partial charge in [-0.3, -0.25) is 4.90 Å². The summed E-state index contributed by atoms with van der Waals surface area (Å²) in [6.07, 6.45) is 0. The molecule has 0 bridgehead atoms. The van der Waals surface area contributed by atoms with E-state index in [0.717, 1.165) is 51.0 Å². The molecule has 0 amide bonds. The monoisotopic (exact) mass is 475 g/mol. The van der Waals surface area contributed by atoms with Gasteiger partial charge in [-0.1, -0.05) is 121 Å². The Morgan fingerprint density at radius 3 is 1.30 bits per heavy atom. The molecule has 0 unspecified atom stereocenters. The van der Waals surface area contributed by atoms with Gasteiger partial charge in [0.1, 0.15) is 11.6 Å². The van der Waals surface area contributed by atoms with Crippen LogP contribution in [-0.2, 0) is 0 Å². The molecule has 176 valence electrons. The highest BCUT2D eigenvalue weighted by molar-refractivity contribution is 5.87. The molecule has 0 saturated carbocycles. The molecule has 0 aliphatic rings. The third-order valence-electron chi connectivity index (χ3n) is 6.30. The summed E-state index contributed by atoms with van der Waals surface area (Å²) in [5.41, 5.74) is 7.25. The maximum Gasteiger partial charge on any atom is 0.139 e. The van der Waals surface area contributed by atoms with Gasteiger partial charge in [0.05, 0.1) is 17.1 Å². The predicted octanol–water partition coefficient (Wildman–Crippen LogP) is 8.95. The van der Waals surface area contributed by atoms with Crippen LogP contribution in [0.25, 0.3) is 33.6 Å². The molecule has 0 aliphatic heterocycles. The van der Waals surface area contributed by atoms with Gasteiger partial charge in [0, 0.05) is 16.7 Å². The Balaban J connectivity index is 1.56. The minimum Gasteiger partial charge on any atom is -0.278 e. The third kappa shape index (κ3) is 4.75. The van der Waals surface area contributed by atoms with E-state index in [0.29, 0.717) is 0 Å². The summed E-state index contributed by atoms with van der Waals surface area (Å²) in [4.78, 5) is 12.4. The highest BCUT2D eigenvalue weighted by Crippen LogP contribution is 2.40. The van der Waals surface area contributed by atoms with Crippen LogP contribution in [-0.4, -0.2) is 9.97 Å². The van der Waals surface area contributed by atoms with E-state index >= 15 is 0 Å². The van der Waals surface area contributed by atoms with Crippen molar-refractivity contribution in [3.8, 4) is 33.6 Å². The molecule has 0 saturated heterocycles. The van der Waals surface area contributed by atoms with Gasteiger partial charge < -0.3 is 0 Å². The minimum absolute atomic E-state index is 0.808. The topological polar surface area (TPSA) is 29.0 Å². The largest absolute Gasteiger partial charge is 0.278 e. The number of para-hydroxylation sites is 1. The summed E-state index contributed by atoms with van der Waals surface area (Å²) >= 11 is 0. The predicted molar refractivity (Wildman–Crippen MR) is 153 cm³/mol. The van der Waals surface area contributed by atoms with Gasteiger partial charge in [-0.05, 0) is 35.9 Å². The second-order valence-corrected chi connectivity index (χ2v) is 8.71. The molecule has 2 aromatic heterocycles. The number of hydrogen-bond acceptors (Lipinski definition) is 3. The smallest absolute Gasteiger partial charge is 0.139 e. The van der Waals surface area contributed by atoms with Gasteiger partial charge in [-0.25, -0.2) is 9.97 Å². The Labute approximate surface area is 217 Å². The summed E-state index contributed by atoms with van der Waals surface area (Å²) < 4.78 is 0. The molecule has 4 aromatic carbocycles. The fourth-order valence-corrected chi connectivity index (χ4v) is 4.53. The normalized spacial score (nSPS) is 10.7. The molecule has 3 nitrogen and oxygen atoms in total. The second-order valence-electron chi connectivity index (χ2n) is 8.71. The number of nitrogens with zero attached hydrogens (tertiary/aromatic N) is 3. The average Bonchev–Trinajstić information content (AvgIpc) is 2.99. The highest BCUT2D eigenvalue weighted by Gasteiger charge is 2.20. The van der Waals surface area contributed by atoms with Crippen molar-refractivity contribution < 1.29 is 0 Å². The summed E-state index contributed by atoms with van der Waals surface area (Å²) in [6, 6.07) is 51.7. The van der Waals surface area contributed by atoms with Gasteiger partial charge >= 0.3 is 0 Å². The van der Waals surface area contributed by atoms with Gasteiger partial charge in [0.2, 0.25) is 0 Å². The van der Waals surface area contributed by atoms with Crippen molar-refractivity contribution >= 4 is 17.3 Å². The summed E-state index contributed by atoms with van der Waals surface area (Å²) in [7, 11) is 0. The van der Waals surface area contributed by atoms with Crippen molar-refractivity contribution in [1.82, 2.24) is 9.97 Å². The fraction of sp³-hybridized carbons (Fsp3) is 0. The fourth-order valence-electron chi connectivity index (χ4n) is 4.53. The lowest BCUT2D eigenvalue weighted by atomic mass is 10.0. The first kappa shape index (κ1) is 22.4. The van der Waals surface area contributed by atoms with Crippen LogP contribution >= 0.6 is 0 Å². The summed E-state index contributed by atoms with van der Waals surface area (Å²) in [5, 5.41) is 0. The molecule has 0 aliphatic carbocycles. The van der Waals surface area contributed by atoms with Crippen molar-refractivity contribution in [2.24, 2.45) is 0 Å². The quantitative estimate of drug-likeness (QED) is 0.241. The van der Waals surface area contributed by atoms with E-state index in [4.69, 9.17) is 9.97 Å². The molecule has 2 heterocycles. The number of aromatic nitrogens is 2. The van der Waals surface area contributed by atoms with E-state index in [1.807, 2.05) is 66.7 Å². The standard InChI is InChI=1S/C34H25N3/c1-4-14-26(15-5-1)29-20-10-11-23-32(29)37(33-24-12-21-30(35-33)27-16-6-2-7-17-27)34-25-13-22-31(36-34)28-18-8-3-9-19-28/h1-25H. The van der Waals surface area contributed by atoms with Gasteiger partial charge in [-0.2, -0.15) is 0 Å². The van der Waals surface area contributed by atoms with Crippen LogP contribution in [0.5, 0.6) is 0 Å². The van der Waals surface area contributed by atoms with E-state index in [1.165, 1.54) is 0 Å². The zero-order valence-electron chi connectivity index (χ0n) is 20.3. The first-order chi connectivity index (χ1) is 18.4. The number of pyridine rings is 2. The molecule has 0 radical (unpaired) electrons. The summed E-state index contributed by atoms with van der Waals surface area (Å²) in [6.45, 7) is 0. The first-order valence-corrected chi connectivity index (χ1v) is 12.4. The maximum absolute atomic E-state index is 5.12. The number of hydrogen-bond donors (Lipinski definition) is 0. The van der Waals surface area contributed by atoms with Crippen molar-refractivity contribution in [3.05, 3.63) is 152 Å². The van der Waals surface area contributed by atoms with Crippen LogP contribution in [0, 0.1) is 0 Å². The third-order valence-corrected chi connectivity index (χ3v) is 6.30. The molecule has 6 rings (SSSR count). The van der Waals surface area contributed by atoms with Crippen molar-refractivity contribution in [1.29, 1.82) is 0 Å². The van der Waals surface area contributed by atoms with E-state index in [9.17, 15) is 0 Å². The van der Waals surface area contributed by atoms with Crippen LogP contribution in [0.2, 0.25) is 0 Å². The number of anilines is 3. The van der Waals surface area contributed by atoms with Crippen LogP contribution < -0.4 is 4.90 Å². The second kappa shape index (κ2) is 10.3. The van der Waals surface area contributed by atoms with E-state index < -0.39 is 0 Å². The lowest BCUT2D eigenvalue weighted by molar-refractivity contribution is 1.13. The zero-order chi connectivity index (χ0) is 24.9. The van der Waals surface area contributed by atoms with Crippen molar-refractivity contribution in [2.45, 2.75) is 0 Å². The van der Waals surface area contributed by atoms with Gasteiger partial charge in [-0.15, -0.1) is 0 Å².